The Hall–Kier alpha value is -0.550. The summed E-state index contributed by atoms with van der Waals surface area (Å²) in [6.45, 7) is 5.55. The van der Waals surface area contributed by atoms with E-state index in [0.717, 1.165) is 15.7 Å². The van der Waals surface area contributed by atoms with E-state index in [1.165, 1.54) is 0 Å². The second-order valence-electron chi connectivity index (χ2n) is 4.20. The van der Waals surface area contributed by atoms with Gasteiger partial charge in [-0.3, -0.25) is 0 Å². The number of sulfone groups is 1. The maximum Gasteiger partial charge on any atom is 0.152 e. The van der Waals surface area contributed by atoms with Crippen molar-refractivity contribution in [2.45, 2.75) is 26.8 Å². The molecule has 3 nitrogen and oxygen atoms in total. The van der Waals surface area contributed by atoms with Crippen LogP contribution in [0.3, 0.4) is 0 Å². The summed E-state index contributed by atoms with van der Waals surface area (Å²) in [5, 5.41) is 3.23. The number of hydrogen-bond acceptors (Lipinski definition) is 3. The van der Waals surface area contributed by atoms with Crippen molar-refractivity contribution >= 4 is 31.5 Å². The zero-order valence-electron chi connectivity index (χ0n) is 10.3. The summed E-state index contributed by atoms with van der Waals surface area (Å²) in [6.07, 6.45) is 0. The van der Waals surface area contributed by atoms with Crippen molar-refractivity contribution in [1.29, 1.82) is 0 Å². The minimum atomic E-state index is -2.93. The summed E-state index contributed by atoms with van der Waals surface area (Å²) in [5.41, 5.74) is 2.08. The highest BCUT2D eigenvalue weighted by atomic mass is 79.9. The summed E-state index contributed by atoms with van der Waals surface area (Å²) in [7, 11) is -2.93. The Morgan fingerprint density at radius 2 is 2.06 bits per heavy atom. The molecule has 0 heterocycles. The summed E-state index contributed by atoms with van der Waals surface area (Å²) >= 11 is 3.40. The van der Waals surface area contributed by atoms with E-state index in [1.54, 1.807) is 6.92 Å². The van der Waals surface area contributed by atoms with E-state index in [9.17, 15) is 8.42 Å². The molecule has 0 fully saturated rings. The summed E-state index contributed by atoms with van der Waals surface area (Å²) in [6, 6.07) is 5.81. The molecule has 0 aliphatic carbocycles. The van der Waals surface area contributed by atoms with Crippen molar-refractivity contribution in [3.8, 4) is 0 Å². The molecule has 1 aromatic carbocycles. The van der Waals surface area contributed by atoms with Gasteiger partial charge in [0.15, 0.2) is 9.84 Å². The maximum atomic E-state index is 11.5. The molecule has 5 heteroatoms. The lowest BCUT2D eigenvalue weighted by molar-refractivity contribution is 0.593. The molecule has 0 aromatic heterocycles. The smallest absolute Gasteiger partial charge is 0.152 e. The second-order valence-corrected chi connectivity index (χ2v) is 7.52. The van der Waals surface area contributed by atoms with Crippen molar-refractivity contribution in [1.82, 2.24) is 0 Å². The highest BCUT2D eigenvalue weighted by molar-refractivity contribution is 9.10. The molecular formula is C12H18BrNO2S. The number of nitrogens with one attached hydrogen (secondary N) is 1. The zero-order chi connectivity index (χ0) is 13.1. The topological polar surface area (TPSA) is 46.2 Å². The van der Waals surface area contributed by atoms with Gasteiger partial charge in [-0.2, -0.15) is 0 Å². The van der Waals surface area contributed by atoms with E-state index >= 15 is 0 Å². The van der Waals surface area contributed by atoms with Crippen molar-refractivity contribution < 1.29 is 8.42 Å². The van der Waals surface area contributed by atoms with Crippen molar-refractivity contribution in [2.24, 2.45) is 0 Å². The largest absolute Gasteiger partial charge is 0.381 e. The lowest BCUT2D eigenvalue weighted by atomic mass is 10.2. The summed E-state index contributed by atoms with van der Waals surface area (Å²) in [5.74, 6) is 0.358. The molecule has 0 saturated carbocycles. The molecule has 0 radical (unpaired) electrons. The number of benzene rings is 1. The Morgan fingerprint density at radius 1 is 1.41 bits per heavy atom. The Labute approximate surface area is 112 Å². The fourth-order valence-electron chi connectivity index (χ4n) is 1.59. The van der Waals surface area contributed by atoms with Gasteiger partial charge >= 0.3 is 0 Å². The number of rotatable bonds is 5. The SMILES string of the molecule is CCS(=O)(=O)CC(C)Nc1ccc(Br)cc1C. The van der Waals surface area contributed by atoms with Crippen LogP contribution in [0.2, 0.25) is 0 Å². The predicted octanol–water partition coefficient (Wildman–Crippen LogP) is 2.99. The van der Waals surface area contributed by atoms with Gasteiger partial charge < -0.3 is 5.32 Å². The van der Waals surface area contributed by atoms with E-state index in [4.69, 9.17) is 0 Å². The fraction of sp³-hybridized carbons (Fsp3) is 0.500. The molecule has 0 amide bonds. The fourth-order valence-corrected chi connectivity index (χ4v) is 3.15. The average Bonchev–Trinajstić information content (AvgIpc) is 2.21. The van der Waals surface area contributed by atoms with Crippen LogP contribution in [-0.2, 0) is 9.84 Å². The molecule has 0 saturated heterocycles. The van der Waals surface area contributed by atoms with Gasteiger partial charge in [-0.15, -0.1) is 0 Å². The lowest BCUT2D eigenvalue weighted by Gasteiger charge is -2.16. The van der Waals surface area contributed by atoms with E-state index in [2.05, 4.69) is 21.2 Å². The van der Waals surface area contributed by atoms with Crippen LogP contribution >= 0.6 is 15.9 Å². The Balaban J connectivity index is 2.72. The molecule has 1 aromatic rings. The molecule has 17 heavy (non-hydrogen) atoms. The standard InChI is InChI=1S/C12H18BrNO2S/c1-4-17(15,16)8-10(3)14-12-6-5-11(13)7-9(12)2/h5-7,10,14H,4,8H2,1-3H3. The van der Waals surface area contributed by atoms with E-state index in [-0.39, 0.29) is 17.5 Å². The van der Waals surface area contributed by atoms with Gasteiger partial charge in [-0.1, -0.05) is 22.9 Å². The van der Waals surface area contributed by atoms with Gasteiger partial charge in [-0.05, 0) is 37.6 Å². The number of halogens is 1. The summed E-state index contributed by atoms with van der Waals surface area (Å²) in [4.78, 5) is 0. The zero-order valence-corrected chi connectivity index (χ0v) is 12.7. The van der Waals surface area contributed by atoms with Gasteiger partial charge in [0, 0.05) is 22.0 Å². The van der Waals surface area contributed by atoms with Crippen LogP contribution in [-0.4, -0.2) is 26.0 Å². The predicted molar refractivity (Wildman–Crippen MR) is 76.3 cm³/mol. The minimum absolute atomic E-state index is 0.0835. The van der Waals surface area contributed by atoms with E-state index in [1.807, 2.05) is 32.0 Å². The first kappa shape index (κ1) is 14.5. The van der Waals surface area contributed by atoms with Crippen LogP contribution < -0.4 is 5.32 Å². The average molecular weight is 320 g/mol. The monoisotopic (exact) mass is 319 g/mol. The van der Waals surface area contributed by atoms with Crippen LogP contribution in [0, 0.1) is 6.92 Å². The highest BCUT2D eigenvalue weighted by Gasteiger charge is 2.14. The van der Waals surface area contributed by atoms with Gasteiger partial charge in [0.05, 0.1) is 5.75 Å². The molecule has 0 bridgehead atoms. The van der Waals surface area contributed by atoms with Crippen LogP contribution in [0.25, 0.3) is 0 Å². The highest BCUT2D eigenvalue weighted by Crippen LogP contribution is 2.20. The van der Waals surface area contributed by atoms with Crippen molar-refractivity contribution in [3.05, 3.63) is 28.2 Å². The van der Waals surface area contributed by atoms with Gasteiger partial charge in [-0.25, -0.2) is 8.42 Å². The van der Waals surface area contributed by atoms with Crippen LogP contribution in [0.15, 0.2) is 22.7 Å². The molecule has 96 valence electrons. The van der Waals surface area contributed by atoms with Crippen LogP contribution in [0.1, 0.15) is 19.4 Å². The van der Waals surface area contributed by atoms with Crippen molar-refractivity contribution in [2.75, 3.05) is 16.8 Å². The van der Waals surface area contributed by atoms with Gasteiger partial charge in [0.1, 0.15) is 0 Å². The second kappa shape index (κ2) is 5.87. The lowest BCUT2D eigenvalue weighted by Crippen LogP contribution is -2.27. The molecule has 1 atom stereocenters. The maximum absolute atomic E-state index is 11.5. The number of aryl methyl sites for hydroxylation is 1. The molecular weight excluding hydrogens is 302 g/mol. The van der Waals surface area contributed by atoms with E-state index in [0.29, 0.717) is 0 Å². The third-order valence-corrected chi connectivity index (χ3v) is 4.91. The molecule has 0 spiro atoms. The van der Waals surface area contributed by atoms with Gasteiger partial charge in [0.2, 0.25) is 0 Å². The Kier molecular flexibility index (Phi) is 5.01. The molecule has 1 N–H and O–H groups in total. The van der Waals surface area contributed by atoms with Crippen LogP contribution in [0.4, 0.5) is 5.69 Å². The third kappa shape index (κ3) is 4.68. The summed E-state index contributed by atoms with van der Waals surface area (Å²) < 4.78 is 24.0. The normalized spacial score (nSPS) is 13.4. The third-order valence-electron chi connectivity index (χ3n) is 2.53. The quantitative estimate of drug-likeness (QED) is 0.907. The Morgan fingerprint density at radius 3 is 2.59 bits per heavy atom. The van der Waals surface area contributed by atoms with Gasteiger partial charge in [0.25, 0.3) is 0 Å². The van der Waals surface area contributed by atoms with Crippen LogP contribution in [0.5, 0.6) is 0 Å². The molecule has 0 aliphatic heterocycles. The molecule has 0 aliphatic rings. The Bertz CT molecular complexity index is 485. The molecule has 1 rings (SSSR count). The van der Waals surface area contributed by atoms with E-state index < -0.39 is 9.84 Å². The number of anilines is 1. The van der Waals surface area contributed by atoms with Crippen molar-refractivity contribution in [3.63, 3.8) is 0 Å². The number of hydrogen-bond donors (Lipinski definition) is 1. The minimum Gasteiger partial charge on any atom is -0.381 e. The first-order valence-corrected chi connectivity index (χ1v) is 8.18. The first-order valence-electron chi connectivity index (χ1n) is 5.57. The first-order chi connectivity index (χ1) is 7.84. The molecule has 1 unspecified atom stereocenters.